The molecule has 2 rings (SSSR count). The largest absolute Gasteiger partial charge is 0.455 e. The molecule has 124 valence electrons. The summed E-state index contributed by atoms with van der Waals surface area (Å²) in [5.74, 6) is -0.556. The Morgan fingerprint density at radius 3 is 2.04 bits per heavy atom. The van der Waals surface area contributed by atoms with Crippen molar-refractivity contribution in [2.45, 2.75) is 52.7 Å². The molecule has 0 saturated heterocycles. The summed E-state index contributed by atoms with van der Waals surface area (Å²) in [4.78, 5) is 25.0. The van der Waals surface area contributed by atoms with Gasteiger partial charge in [-0.2, -0.15) is 0 Å². The van der Waals surface area contributed by atoms with E-state index in [4.69, 9.17) is 9.47 Å². The highest BCUT2D eigenvalue weighted by Gasteiger charge is 2.27. The molecule has 0 unspecified atom stereocenters. The van der Waals surface area contributed by atoms with E-state index in [0.29, 0.717) is 5.52 Å². The lowest BCUT2D eigenvalue weighted by Crippen LogP contribution is -2.31. The number of carbonyl (C=O) groups excluding carboxylic acids is 2. The second kappa shape index (κ2) is 5.72. The van der Waals surface area contributed by atoms with Crippen molar-refractivity contribution in [1.29, 1.82) is 0 Å². The molecule has 1 heterocycles. The van der Waals surface area contributed by atoms with E-state index in [9.17, 15) is 9.59 Å². The highest BCUT2D eigenvalue weighted by atomic mass is 16.6. The molecule has 0 spiro atoms. The minimum Gasteiger partial charge on any atom is -0.455 e. The van der Waals surface area contributed by atoms with E-state index in [1.165, 1.54) is 4.57 Å². The number of carbonyl (C=O) groups is 2. The Morgan fingerprint density at radius 1 is 0.913 bits per heavy atom. The maximum Gasteiger partial charge on any atom is 0.419 e. The standard InChI is InChI=1S/C18H23NO4/c1-17(2,3)22-15(20)14-11-12-9-7-8-10-13(12)19(14)16(21)23-18(4,5)6/h7-11H,1-6H3. The van der Waals surface area contributed by atoms with Crippen LogP contribution in [0.4, 0.5) is 4.79 Å². The molecule has 0 aliphatic rings. The summed E-state index contributed by atoms with van der Waals surface area (Å²) in [7, 11) is 0. The van der Waals surface area contributed by atoms with E-state index in [0.717, 1.165) is 5.39 Å². The summed E-state index contributed by atoms with van der Waals surface area (Å²) >= 11 is 0. The van der Waals surface area contributed by atoms with Gasteiger partial charge in [0.05, 0.1) is 5.52 Å². The highest BCUT2D eigenvalue weighted by Crippen LogP contribution is 2.23. The fourth-order valence-corrected chi connectivity index (χ4v) is 2.14. The van der Waals surface area contributed by atoms with Crippen LogP contribution in [0.25, 0.3) is 10.9 Å². The van der Waals surface area contributed by atoms with Gasteiger partial charge in [0.1, 0.15) is 16.9 Å². The fraction of sp³-hybridized carbons (Fsp3) is 0.444. The van der Waals surface area contributed by atoms with E-state index < -0.39 is 23.3 Å². The predicted molar refractivity (Wildman–Crippen MR) is 88.7 cm³/mol. The predicted octanol–water partition coefficient (Wildman–Crippen LogP) is 4.38. The quantitative estimate of drug-likeness (QED) is 0.732. The molecule has 0 amide bonds. The van der Waals surface area contributed by atoms with E-state index in [1.807, 2.05) is 18.2 Å². The van der Waals surface area contributed by atoms with Crippen molar-refractivity contribution in [3.05, 3.63) is 36.0 Å². The third kappa shape index (κ3) is 4.12. The number of esters is 1. The van der Waals surface area contributed by atoms with Gasteiger partial charge in [-0.15, -0.1) is 0 Å². The van der Waals surface area contributed by atoms with Gasteiger partial charge >= 0.3 is 12.1 Å². The molecule has 1 aromatic carbocycles. The lowest BCUT2D eigenvalue weighted by atomic mass is 10.2. The number of benzene rings is 1. The number of hydrogen-bond acceptors (Lipinski definition) is 4. The molecular formula is C18H23NO4. The molecule has 0 bridgehead atoms. The van der Waals surface area contributed by atoms with Crippen LogP contribution in [-0.4, -0.2) is 27.8 Å². The molecule has 0 atom stereocenters. The molecule has 0 saturated carbocycles. The molecule has 1 aromatic heterocycles. The minimum absolute atomic E-state index is 0.162. The zero-order valence-electron chi connectivity index (χ0n) is 14.5. The molecule has 0 aliphatic carbocycles. The van der Waals surface area contributed by atoms with Crippen molar-refractivity contribution in [3.8, 4) is 0 Å². The molecular weight excluding hydrogens is 294 g/mol. The molecule has 5 nitrogen and oxygen atoms in total. The monoisotopic (exact) mass is 317 g/mol. The lowest BCUT2D eigenvalue weighted by Gasteiger charge is -2.22. The number of rotatable bonds is 1. The van der Waals surface area contributed by atoms with Crippen LogP contribution in [0.2, 0.25) is 0 Å². The number of aromatic nitrogens is 1. The Bertz CT molecular complexity index is 744. The first-order chi connectivity index (χ1) is 10.5. The zero-order chi connectivity index (χ0) is 17.4. The number of hydrogen-bond donors (Lipinski definition) is 0. The SMILES string of the molecule is CC(C)(C)OC(=O)c1cc2ccccc2n1C(=O)OC(C)(C)C. The number of fused-ring (bicyclic) bond motifs is 1. The average molecular weight is 317 g/mol. The normalized spacial score (nSPS) is 12.3. The van der Waals surface area contributed by atoms with Gasteiger partial charge < -0.3 is 9.47 Å². The molecule has 23 heavy (non-hydrogen) atoms. The van der Waals surface area contributed by atoms with E-state index in [2.05, 4.69) is 0 Å². The summed E-state index contributed by atoms with van der Waals surface area (Å²) < 4.78 is 12.1. The highest BCUT2D eigenvalue weighted by molar-refractivity contribution is 6.01. The van der Waals surface area contributed by atoms with Gasteiger partial charge in [0.15, 0.2) is 0 Å². The summed E-state index contributed by atoms with van der Waals surface area (Å²) in [6, 6.07) is 8.91. The Kier molecular flexibility index (Phi) is 4.24. The van der Waals surface area contributed by atoms with Crippen LogP contribution in [-0.2, 0) is 9.47 Å². The van der Waals surface area contributed by atoms with Gasteiger partial charge in [0.25, 0.3) is 0 Å². The van der Waals surface area contributed by atoms with Gasteiger partial charge in [-0.25, -0.2) is 14.2 Å². The van der Waals surface area contributed by atoms with Crippen molar-refractivity contribution in [2.75, 3.05) is 0 Å². The summed E-state index contributed by atoms with van der Waals surface area (Å²) in [5.41, 5.74) is -0.530. The molecule has 0 fully saturated rings. The van der Waals surface area contributed by atoms with Crippen LogP contribution in [0.15, 0.2) is 30.3 Å². The Labute approximate surface area is 136 Å². The lowest BCUT2D eigenvalue weighted by molar-refractivity contribution is 0.00501. The van der Waals surface area contributed by atoms with Gasteiger partial charge in [-0.1, -0.05) is 18.2 Å². The van der Waals surface area contributed by atoms with Crippen LogP contribution in [0, 0.1) is 0 Å². The zero-order valence-corrected chi connectivity index (χ0v) is 14.5. The third-order valence-electron chi connectivity index (χ3n) is 2.89. The van der Waals surface area contributed by atoms with Crippen molar-refractivity contribution < 1.29 is 19.1 Å². The first-order valence-electron chi connectivity index (χ1n) is 7.55. The maximum atomic E-state index is 12.6. The molecule has 0 radical (unpaired) electrons. The van der Waals surface area contributed by atoms with Crippen molar-refractivity contribution in [1.82, 2.24) is 4.57 Å². The topological polar surface area (TPSA) is 57.5 Å². The minimum atomic E-state index is -0.659. The van der Waals surface area contributed by atoms with Crippen molar-refractivity contribution in [2.24, 2.45) is 0 Å². The molecule has 0 aliphatic heterocycles. The van der Waals surface area contributed by atoms with Crippen LogP contribution < -0.4 is 0 Å². The number of para-hydroxylation sites is 1. The second-order valence-electron chi connectivity index (χ2n) is 7.41. The van der Waals surface area contributed by atoms with Gasteiger partial charge in [-0.3, -0.25) is 0 Å². The van der Waals surface area contributed by atoms with Gasteiger partial charge in [0.2, 0.25) is 0 Å². The Hall–Kier alpha value is -2.30. The first kappa shape index (κ1) is 17.1. The smallest absolute Gasteiger partial charge is 0.419 e. The van der Waals surface area contributed by atoms with Crippen LogP contribution in [0.5, 0.6) is 0 Å². The van der Waals surface area contributed by atoms with Crippen molar-refractivity contribution >= 4 is 23.0 Å². The molecule has 5 heteroatoms. The maximum absolute atomic E-state index is 12.6. The number of nitrogens with zero attached hydrogens (tertiary/aromatic N) is 1. The first-order valence-corrected chi connectivity index (χ1v) is 7.55. The van der Waals surface area contributed by atoms with Crippen molar-refractivity contribution in [3.63, 3.8) is 0 Å². The van der Waals surface area contributed by atoms with Crippen LogP contribution in [0.3, 0.4) is 0 Å². The molecule has 0 N–H and O–H groups in total. The van der Waals surface area contributed by atoms with Gasteiger partial charge in [0, 0.05) is 5.39 Å². The summed E-state index contributed by atoms with van der Waals surface area (Å²) in [5, 5.41) is 0.777. The summed E-state index contributed by atoms with van der Waals surface area (Å²) in [6.07, 6.45) is -0.598. The summed E-state index contributed by atoms with van der Waals surface area (Å²) in [6.45, 7) is 10.7. The van der Waals surface area contributed by atoms with Crippen LogP contribution in [0.1, 0.15) is 52.0 Å². The fourth-order valence-electron chi connectivity index (χ4n) is 2.14. The average Bonchev–Trinajstić information content (AvgIpc) is 2.73. The third-order valence-corrected chi connectivity index (χ3v) is 2.89. The van der Waals surface area contributed by atoms with Gasteiger partial charge in [-0.05, 0) is 53.7 Å². The molecule has 2 aromatic rings. The Balaban J connectivity index is 2.54. The number of ether oxygens (including phenoxy) is 2. The van der Waals surface area contributed by atoms with E-state index in [-0.39, 0.29) is 5.69 Å². The van der Waals surface area contributed by atoms with E-state index in [1.54, 1.807) is 53.7 Å². The Morgan fingerprint density at radius 2 is 1.48 bits per heavy atom. The van der Waals surface area contributed by atoms with Crippen LogP contribution >= 0.6 is 0 Å². The second-order valence-corrected chi connectivity index (χ2v) is 7.41. The van der Waals surface area contributed by atoms with E-state index >= 15 is 0 Å².